The Labute approximate surface area is 171 Å². The van der Waals surface area contributed by atoms with Gasteiger partial charge in [-0.25, -0.2) is 9.78 Å². The summed E-state index contributed by atoms with van der Waals surface area (Å²) in [4.78, 5) is 33.8. The third-order valence-electron chi connectivity index (χ3n) is 6.54. The van der Waals surface area contributed by atoms with E-state index in [1.807, 2.05) is 13.0 Å². The Kier molecular flexibility index (Phi) is 5.63. The van der Waals surface area contributed by atoms with Crippen molar-refractivity contribution in [3.05, 3.63) is 17.8 Å². The van der Waals surface area contributed by atoms with E-state index in [1.165, 1.54) is 7.11 Å². The number of amides is 2. The zero-order valence-corrected chi connectivity index (χ0v) is 17.3. The number of piperidine rings is 1. The molecule has 2 amide bonds. The number of ether oxygens (including phenoxy) is 2. The van der Waals surface area contributed by atoms with Crippen LogP contribution in [0.3, 0.4) is 0 Å². The van der Waals surface area contributed by atoms with Crippen LogP contribution in [0.4, 0.5) is 16.3 Å². The molecule has 4 rings (SSSR count). The van der Waals surface area contributed by atoms with Gasteiger partial charge in [0.25, 0.3) is 0 Å². The normalized spacial score (nSPS) is 25.5. The number of pyridine rings is 1. The zero-order valence-electron chi connectivity index (χ0n) is 17.3. The van der Waals surface area contributed by atoms with Gasteiger partial charge in [-0.3, -0.25) is 10.1 Å². The summed E-state index contributed by atoms with van der Waals surface area (Å²) in [5.41, 5.74) is 1.28. The Balaban J connectivity index is 1.48. The average Bonchev–Trinajstić information content (AvgIpc) is 3.04. The van der Waals surface area contributed by atoms with E-state index in [1.54, 1.807) is 6.20 Å². The van der Waals surface area contributed by atoms with E-state index in [4.69, 9.17) is 4.74 Å². The highest BCUT2D eigenvalue weighted by Crippen LogP contribution is 2.43. The molecule has 1 atom stereocenters. The molecule has 8 heteroatoms. The van der Waals surface area contributed by atoms with Gasteiger partial charge < -0.3 is 19.3 Å². The number of methoxy groups -OCH3 is 1. The molecular formula is C21H30N4O4. The molecule has 1 aromatic rings. The van der Waals surface area contributed by atoms with Crippen LogP contribution in [0.2, 0.25) is 0 Å². The van der Waals surface area contributed by atoms with Crippen molar-refractivity contribution in [2.45, 2.75) is 45.1 Å². The predicted octanol–water partition coefficient (Wildman–Crippen LogP) is 2.57. The minimum absolute atomic E-state index is 0.298. The van der Waals surface area contributed by atoms with E-state index in [0.29, 0.717) is 24.2 Å². The Bertz CT molecular complexity index is 780. The number of aromatic nitrogens is 1. The lowest BCUT2D eigenvalue weighted by Gasteiger charge is -2.41. The summed E-state index contributed by atoms with van der Waals surface area (Å²) in [6.07, 6.45) is 5.87. The van der Waals surface area contributed by atoms with Crippen LogP contribution in [-0.2, 0) is 14.3 Å². The number of hydrogen-bond donors (Lipinski definition) is 1. The standard InChI is InChI=1S/C21H30N4O4/c1-15-12-16(23-20(27)28-2)13-22-18(15)24-8-3-6-21(14-24)7-9-25(19(21)26)17-4-10-29-11-5-17/h12-13,17H,3-11,14H2,1-2H3,(H,23,27)/t21-/m1/s1. The van der Waals surface area contributed by atoms with Gasteiger partial charge in [0, 0.05) is 38.9 Å². The van der Waals surface area contributed by atoms with E-state index < -0.39 is 6.09 Å². The average molecular weight is 402 g/mol. The summed E-state index contributed by atoms with van der Waals surface area (Å²) in [6.45, 7) is 5.95. The summed E-state index contributed by atoms with van der Waals surface area (Å²) in [6, 6.07) is 2.22. The fourth-order valence-corrected chi connectivity index (χ4v) is 5.02. The number of carbonyl (C=O) groups excluding carboxylic acids is 2. The second-order valence-corrected chi connectivity index (χ2v) is 8.38. The van der Waals surface area contributed by atoms with Gasteiger partial charge >= 0.3 is 6.09 Å². The first kappa shape index (κ1) is 19.9. The molecule has 3 aliphatic heterocycles. The molecule has 29 heavy (non-hydrogen) atoms. The number of rotatable bonds is 3. The number of aryl methyl sites for hydroxylation is 1. The fourth-order valence-electron chi connectivity index (χ4n) is 5.02. The van der Waals surface area contributed by atoms with E-state index in [-0.39, 0.29) is 5.41 Å². The van der Waals surface area contributed by atoms with Crippen LogP contribution in [0.25, 0.3) is 0 Å². The van der Waals surface area contributed by atoms with Crippen molar-refractivity contribution in [1.82, 2.24) is 9.88 Å². The van der Waals surface area contributed by atoms with Crippen LogP contribution in [0.1, 0.15) is 37.7 Å². The number of hydrogen-bond acceptors (Lipinski definition) is 6. The molecule has 0 saturated carbocycles. The van der Waals surface area contributed by atoms with Gasteiger partial charge in [0.05, 0.1) is 24.4 Å². The maximum absolute atomic E-state index is 13.4. The molecule has 1 N–H and O–H groups in total. The highest BCUT2D eigenvalue weighted by molar-refractivity contribution is 5.86. The Morgan fingerprint density at radius 2 is 2.10 bits per heavy atom. The minimum atomic E-state index is -0.513. The zero-order chi connectivity index (χ0) is 20.4. The molecule has 0 radical (unpaired) electrons. The van der Waals surface area contributed by atoms with Crippen LogP contribution in [0.15, 0.2) is 12.3 Å². The van der Waals surface area contributed by atoms with Crippen LogP contribution in [0, 0.1) is 12.3 Å². The molecule has 0 unspecified atom stereocenters. The maximum atomic E-state index is 13.4. The van der Waals surface area contributed by atoms with Gasteiger partial charge in [-0.1, -0.05) is 0 Å². The van der Waals surface area contributed by atoms with Crippen molar-refractivity contribution in [1.29, 1.82) is 0 Å². The SMILES string of the molecule is COC(=O)Nc1cnc(N2CCC[C@@]3(CCN(C4CCOCC4)C3=O)C2)c(C)c1. The summed E-state index contributed by atoms with van der Waals surface area (Å²) in [7, 11) is 1.33. The molecular weight excluding hydrogens is 372 g/mol. The second-order valence-electron chi connectivity index (χ2n) is 8.38. The molecule has 4 heterocycles. The van der Waals surface area contributed by atoms with Crippen molar-refractivity contribution in [3.63, 3.8) is 0 Å². The van der Waals surface area contributed by atoms with E-state index in [2.05, 4.69) is 24.8 Å². The third-order valence-corrected chi connectivity index (χ3v) is 6.54. The number of carbonyl (C=O) groups is 2. The molecule has 1 aromatic heterocycles. The summed E-state index contributed by atoms with van der Waals surface area (Å²) >= 11 is 0. The van der Waals surface area contributed by atoms with Gasteiger partial charge in [-0.2, -0.15) is 0 Å². The lowest BCUT2D eigenvalue weighted by Crippen LogP contribution is -2.50. The van der Waals surface area contributed by atoms with Crippen molar-refractivity contribution in [2.24, 2.45) is 5.41 Å². The molecule has 3 fully saturated rings. The quantitative estimate of drug-likeness (QED) is 0.837. The second kappa shape index (κ2) is 8.18. The van der Waals surface area contributed by atoms with Crippen LogP contribution < -0.4 is 10.2 Å². The van der Waals surface area contributed by atoms with E-state index in [0.717, 1.165) is 69.8 Å². The topological polar surface area (TPSA) is 84.0 Å². The lowest BCUT2D eigenvalue weighted by molar-refractivity contribution is -0.139. The number of nitrogens with one attached hydrogen (secondary N) is 1. The first-order chi connectivity index (χ1) is 14.0. The lowest BCUT2D eigenvalue weighted by atomic mass is 9.78. The predicted molar refractivity (Wildman–Crippen MR) is 109 cm³/mol. The summed E-state index contributed by atoms with van der Waals surface area (Å²) in [5, 5.41) is 2.65. The van der Waals surface area contributed by atoms with Crippen LogP contribution in [-0.4, -0.2) is 67.9 Å². The van der Waals surface area contributed by atoms with Crippen molar-refractivity contribution in [2.75, 3.05) is 50.2 Å². The molecule has 3 saturated heterocycles. The largest absolute Gasteiger partial charge is 0.453 e. The number of anilines is 2. The summed E-state index contributed by atoms with van der Waals surface area (Å²) in [5.74, 6) is 1.20. The molecule has 0 bridgehead atoms. The Hall–Kier alpha value is -2.35. The van der Waals surface area contributed by atoms with Gasteiger partial charge in [0.15, 0.2) is 0 Å². The van der Waals surface area contributed by atoms with Gasteiger partial charge in [-0.15, -0.1) is 0 Å². The van der Waals surface area contributed by atoms with Crippen molar-refractivity contribution >= 4 is 23.5 Å². The van der Waals surface area contributed by atoms with Gasteiger partial charge in [0.2, 0.25) is 5.91 Å². The molecule has 8 nitrogen and oxygen atoms in total. The fraction of sp³-hybridized carbons (Fsp3) is 0.667. The first-order valence-corrected chi connectivity index (χ1v) is 10.5. The monoisotopic (exact) mass is 402 g/mol. The number of likely N-dealkylation sites (tertiary alicyclic amines) is 1. The molecule has 3 aliphatic rings. The van der Waals surface area contributed by atoms with Crippen molar-refractivity contribution < 1.29 is 19.1 Å². The van der Waals surface area contributed by atoms with Crippen LogP contribution in [0.5, 0.6) is 0 Å². The van der Waals surface area contributed by atoms with Crippen LogP contribution >= 0.6 is 0 Å². The van der Waals surface area contributed by atoms with Gasteiger partial charge in [0.1, 0.15) is 5.82 Å². The minimum Gasteiger partial charge on any atom is -0.453 e. The highest BCUT2D eigenvalue weighted by atomic mass is 16.5. The van der Waals surface area contributed by atoms with E-state index in [9.17, 15) is 9.59 Å². The third kappa shape index (κ3) is 3.90. The molecule has 0 aromatic carbocycles. The Morgan fingerprint density at radius 3 is 2.83 bits per heavy atom. The molecule has 158 valence electrons. The molecule has 1 spiro atoms. The van der Waals surface area contributed by atoms with E-state index >= 15 is 0 Å². The Morgan fingerprint density at radius 1 is 1.31 bits per heavy atom. The van der Waals surface area contributed by atoms with Crippen molar-refractivity contribution in [3.8, 4) is 0 Å². The number of nitrogens with zero attached hydrogens (tertiary/aromatic N) is 3. The molecule has 0 aliphatic carbocycles. The van der Waals surface area contributed by atoms with Gasteiger partial charge in [-0.05, 0) is 50.7 Å². The summed E-state index contributed by atoms with van der Waals surface area (Å²) < 4.78 is 10.1. The maximum Gasteiger partial charge on any atom is 0.411 e. The highest BCUT2D eigenvalue weighted by Gasteiger charge is 2.50. The first-order valence-electron chi connectivity index (χ1n) is 10.5. The smallest absolute Gasteiger partial charge is 0.411 e.